The first-order valence-corrected chi connectivity index (χ1v) is 11.1. The van der Waals surface area contributed by atoms with Crippen LogP contribution in [0.4, 0.5) is 5.00 Å². The second-order valence-corrected chi connectivity index (χ2v) is 9.68. The number of esters is 1. The Balaban J connectivity index is 2.10. The zero-order valence-electron chi connectivity index (χ0n) is 16.3. The second-order valence-electron chi connectivity index (χ2n) is 6.07. The third-order valence-corrected chi connectivity index (χ3v) is 6.86. The van der Waals surface area contributed by atoms with E-state index in [9.17, 15) is 18.0 Å². The lowest BCUT2D eigenvalue weighted by Gasteiger charge is -2.12. The summed E-state index contributed by atoms with van der Waals surface area (Å²) in [4.78, 5) is 24.8. The number of anilines is 1. The van der Waals surface area contributed by atoms with Crippen LogP contribution in [0.25, 0.3) is 0 Å². The number of carbonyl (C=O) groups excluding carboxylic acids is 2. The summed E-state index contributed by atoms with van der Waals surface area (Å²) in [6, 6.07) is 7.38. The number of thiocarbonyl (C=S) groups is 1. The number of hydrogen-bond acceptors (Lipinski definition) is 7. The molecule has 0 aliphatic rings. The average molecular weight is 456 g/mol. The SMILES string of the molecule is CCOC(=O)c1sc(NC(=S)NC(=O)c2cccc(S(=O)(=O)N(C)C)c2)cc1C. The van der Waals surface area contributed by atoms with Crippen molar-refractivity contribution in [1.82, 2.24) is 9.62 Å². The van der Waals surface area contributed by atoms with E-state index in [-0.39, 0.29) is 22.2 Å². The molecule has 1 amide bonds. The lowest BCUT2D eigenvalue weighted by Crippen LogP contribution is -2.34. The van der Waals surface area contributed by atoms with Gasteiger partial charge in [0.15, 0.2) is 5.11 Å². The molecule has 29 heavy (non-hydrogen) atoms. The lowest BCUT2D eigenvalue weighted by atomic mass is 10.2. The van der Waals surface area contributed by atoms with Crippen molar-refractivity contribution in [2.75, 3.05) is 26.0 Å². The third kappa shape index (κ3) is 5.60. The molecule has 0 aliphatic carbocycles. The fraction of sp³-hybridized carbons (Fsp3) is 0.278. The van der Waals surface area contributed by atoms with E-state index in [1.807, 2.05) is 0 Å². The molecule has 0 aliphatic heterocycles. The van der Waals surface area contributed by atoms with Gasteiger partial charge in [-0.2, -0.15) is 0 Å². The zero-order valence-corrected chi connectivity index (χ0v) is 18.8. The Bertz CT molecular complexity index is 1040. The lowest BCUT2D eigenvalue weighted by molar-refractivity contribution is 0.0531. The highest BCUT2D eigenvalue weighted by atomic mass is 32.2. The van der Waals surface area contributed by atoms with E-state index in [1.165, 1.54) is 38.4 Å². The predicted molar refractivity (Wildman–Crippen MR) is 116 cm³/mol. The van der Waals surface area contributed by atoms with Gasteiger partial charge in [0, 0.05) is 19.7 Å². The van der Waals surface area contributed by atoms with Gasteiger partial charge in [0.2, 0.25) is 10.0 Å². The summed E-state index contributed by atoms with van der Waals surface area (Å²) in [7, 11) is -0.839. The molecular weight excluding hydrogens is 434 g/mol. The number of rotatable bonds is 6. The number of carbonyl (C=O) groups is 2. The molecule has 1 aromatic carbocycles. The Morgan fingerprint density at radius 1 is 1.24 bits per heavy atom. The van der Waals surface area contributed by atoms with E-state index in [4.69, 9.17) is 17.0 Å². The standard InChI is InChI=1S/C18H21N3O5S3/c1-5-26-17(23)15-11(2)9-14(28-15)19-18(27)20-16(22)12-7-6-8-13(10-12)29(24,25)21(3)4/h6-10H,5H2,1-4H3,(H2,19,20,22,27). The monoisotopic (exact) mass is 455 g/mol. The number of nitrogens with one attached hydrogen (secondary N) is 2. The number of hydrogen-bond donors (Lipinski definition) is 2. The fourth-order valence-electron chi connectivity index (χ4n) is 2.27. The van der Waals surface area contributed by atoms with Crippen LogP contribution in [0.2, 0.25) is 0 Å². The van der Waals surface area contributed by atoms with Gasteiger partial charge in [0.25, 0.3) is 5.91 Å². The first-order valence-electron chi connectivity index (χ1n) is 8.48. The van der Waals surface area contributed by atoms with E-state index < -0.39 is 21.9 Å². The van der Waals surface area contributed by atoms with Gasteiger partial charge in [-0.05, 0) is 55.9 Å². The molecule has 11 heteroatoms. The second kappa shape index (κ2) is 9.44. The van der Waals surface area contributed by atoms with Gasteiger partial charge >= 0.3 is 5.97 Å². The van der Waals surface area contributed by atoms with Gasteiger partial charge in [-0.1, -0.05) is 6.07 Å². The van der Waals surface area contributed by atoms with Gasteiger partial charge in [0.05, 0.1) is 16.5 Å². The molecule has 0 bridgehead atoms. The van der Waals surface area contributed by atoms with Crippen LogP contribution < -0.4 is 10.6 Å². The topological polar surface area (TPSA) is 105 Å². The Morgan fingerprint density at radius 2 is 1.93 bits per heavy atom. The van der Waals surface area contributed by atoms with Gasteiger partial charge < -0.3 is 10.1 Å². The molecule has 0 fully saturated rings. The summed E-state index contributed by atoms with van der Waals surface area (Å²) in [6.07, 6.45) is 0. The van der Waals surface area contributed by atoms with Crippen LogP contribution in [0, 0.1) is 6.92 Å². The molecule has 2 N–H and O–H groups in total. The van der Waals surface area contributed by atoms with Crippen LogP contribution in [-0.2, 0) is 14.8 Å². The van der Waals surface area contributed by atoms with Crippen molar-refractivity contribution in [2.24, 2.45) is 0 Å². The van der Waals surface area contributed by atoms with Crippen molar-refractivity contribution in [3.05, 3.63) is 46.3 Å². The number of thiophene rings is 1. The normalized spacial score (nSPS) is 11.2. The summed E-state index contributed by atoms with van der Waals surface area (Å²) in [5, 5.41) is 5.94. The largest absolute Gasteiger partial charge is 0.462 e. The van der Waals surface area contributed by atoms with Crippen molar-refractivity contribution in [1.29, 1.82) is 0 Å². The van der Waals surface area contributed by atoms with Crippen LogP contribution >= 0.6 is 23.6 Å². The molecule has 8 nitrogen and oxygen atoms in total. The quantitative estimate of drug-likeness (QED) is 0.510. The number of sulfonamides is 1. The van der Waals surface area contributed by atoms with Crippen LogP contribution in [0.15, 0.2) is 35.2 Å². The highest BCUT2D eigenvalue weighted by Gasteiger charge is 2.19. The third-order valence-electron chi connectivity index (χ3n) is 3.72. The van der Waals surface area contributed by atoms with E-state index >= 15 is 0 Å². The van der Waals surface area contributed by atoms with Gasteiger partial charge in [-0.3, -0.25) is 10.1 Å². The van der Waals surface area contributed by atoms with Crippen molar-refractivity contribution in [2.45, 2.75) is 18.7 Å². The Morgan fingerprint density at radius 3 is 2.55 bits per heavy atom. The number of nitrogens with zero attached hydrogens (tertiary/aromatic N) is 1. The Labute approximate surface area is 178 Å². The summed E-state index contributed by atoms with van der Waals surface area (Å²) < 4.78 is 30.5. The molecule has 0 unspecified atom stereocenters. The molecule has 0 atom stereocenters. The van der Waals surface area contributed by atoms with Crippen LogP contribution in [0.1, 0.15) is 32.5 Å². The van der Waals surface area contributed by atoms with E-state index in [1.54, 1.807) is 19.9 Å². The minimum atomic E-state index is -3.66. The molecule has 1 heterocycles. The molecule has 156 valence electrons. The molecule has 0 saturated carbocycles. The van der Waals surface area contributed by atoms with Crippen LogP contribution in [0.3, 0.4) is 0 Å². The molecule has 0 saturated heterocycles. The maximum atomic E-state index is 12.4. The van der Waals surface area contributed by atoms with Gasteiger partial charge in [-0.15, -0.1) is 11.3 Å². The minimum Gasteiger partial charge on any atom is -0.462 e. The Hall–Kier alpha value is -2.34. The van der Waals surface area contributed by atoms with E-state index in [2.05, 4.69) is 10.6 Å². The summed E-state index contributed by atoms with van der Waals surface area (Å²) in [5.41, 5.74) is 0.873. The van der Waals surface area contributed by atoms with Crippen LogP contribution in [0.5, 0.6) is 0 Å². The summed E-state index contributed by atoms with van der Waals surface area (Å²) >= 11 is 6.31. The average Bonchev–Trinajstić information content (AvgIpc) is 3.01. The van der Waals surface area contributed by atoms with E-state index in [0.717, 1.165) is 21.2 Å². The maximum Gasteiger partial charge on any atom is 0.348 e. The molecule has 0 spiro atoms. The van der Waals surface area contributed by atoms with Crippen LogP contribution in [-0.4, -0.2) is 50.4 Å². The number of amides is 1. The molecular formula is C18H21N3O5S3. The van der Waals surface area contributed by atoms with Crippen molar-refractivity contribution < 1.29 is 22.7 Å². The predicted octanol–water partition coefficient (Wildman–Crippen LogP) is 2.61. The molecule has 0 radical (unpaired) electrons. The summed E-state index contributed by atoms with van der Waals surface area (Å²) in [6.45, 7) is 3.77. The van der Waals surface area contributed by atoms with E-state index in [0.29, 0.717) is 9.88 Å². The smallest absolute Gasteiger partial charge is 0.348 e. The maximum absolute atomic E-state index is 12.4. The molecule has 1 aromatic heterocycles. The van der Waals surface area contributed by atoms with Crippen molar-refractivity contribution >= 4 is 55.6 Å². The summed E-state index contributed by atoms with van der Waals surface area (Å²) in [5.74, 6) is -0.978. The zero-order chi connectivity index (χ0) is 21.8. The number of aryl methyl sites for hydroxylation is 1. The molecule has 2 rings (SSSR count). The minimum absolute atomic E-state index is 0.00184. The number of ether oxygens (including phenoxy) is 1. The van der Waals surface area contributed by atoms with Gasteiger partial charge in [0.1, 0.15) is 4.88 Å². The highest BCUT2D eigenvalue weighted by molar-refractivity contribution is 7.89. The first-order chi connectivity index (χ1) is 13.6. The van der Waals surface area contributed by atoms with Crippen molar-refractivity contribution in [3.63, 3.8) is 0 Å². The van der Waals surface area contributed by atoms with Gasteiger partial charge in [-0.25, -0.2) is 17.5 Å². The Kier molecular flexibility index (Phi) is 7.47. The highest BCUT2D eigenvalue weighted by Crippen LogP contribution is 2.27. The van der Waals surface area contributed by atoms with Crippen molar-refractivity contribution in [3.8, 4) is 0 Å². The fourth-order valence-corrected chi connectivity index (χ4v) is 4.46. The number of benzene rings is 1. The first kappa shape index (κ1) is 22.9. The molecule has 2 aromatic rings.